The van der Waals surface area contributed by atoms with Gasteiger partial charge in [0.25, 0.3) is 11.5 Å². The fourth-order valence-electron chi connectivity index (χ4n) is 4.74. The number of hydrogen-bond donors (Lipinski definition) is 1. The smallest absolute Gasteiger partial charge is 0.267 e. The van der Waals surface area contributed by atoms with Crippen molar-refractivity contribution in [3.8, 4) is 0 Å². The Morgan fingerprint density at radius 1 is 1.20 bits per heavy atom. The van der Waals surface area contributed by atoms with Crippen molar-refractivity contribution in [2.24, 2.45) is 11.7 Å². The van der Waals surface area contributed by atoms with Gasteiger partial charge in [-0.3, -0.25) is 23.7 Å². The summed E-state index contributed by atoms with van der Waals surface area (Å²) in [6.45, 7) is 0.982. The number of nitrogens with zero attached hydrogens (tertiary/aromatic N) is 4. The summed E-state index contributed by atoms with van der Waals surface area (Å²) in [4.78, 5) is 46.6. The summed E-state index contributed by atoms with van der Waals surface area (Å²) in [6, 6.07) is 4.73. The zero-order valence-electron chi connectivity index (χ0n) is 18.6. The van der Waals surface area contributed by atoms with Gasteiger partial charge in [-0.15, -0.1) is 0 Å². The number of thioether (sulfide) groups is 1. The van der Waals surface area contributed by atoms with Crippen LogP contribution in [0.4, 0.5) is 5.82 Å². The first kappa shape index (κ1) is 23.9. The van der Waals surface area contributed by atoms with E-state index in [-0.39, 0.29) is 43.7 Å². The maximum Gasteiger partial charge on any atom is 0.267 e. The molecule has 3 saturated heterocycles. The number of primary amides is 1. The Morgan fingerprint density at radius 3 is 2.60 bits per heavy atom. The van der Waals surface area contributed by atoms with Crippen molar-refractivity contribution in [3.05, 3.63) is 45.2 Å². The molecule has 1 unspecified atom stereocenters. The number of rotatable bonds is 4. The molecule has 0 aromatic carbocycles. The minimum Gasteiger partial charge on any atom is -0.369 e. The Morgan fingerprint density at radius 2 is 1.94 bits per heavy atom. The first-order chi connectivity index (χ1) is 16.6. The summed E-state index contributed by atoms with van der Waals surface area (Å²) < 4.78 is 25.6. The molecule has 3 aliphatic rings. The number of thiocarbonyl (C=S) groups is 1. The van der Waals surface area contributed by atoms with Gasteiger partial charge in [-0.05, 0) is 37.5 Å². The highest BCUT2D eigenvalue weighted by molar-refractivity contribution is 8.26. The van der Waals surface area contributed by atoms with Crippen molar-refractivity contribution in [1.82, 2.24) is 14.3 Å². The lowest BCUT2D eigenvalue weighted by atomic mass is 9.96. The second kappa shape index (κ2) is 9.03. The Bertz CT molecular complexity index is 1440. The zero-order valence-corrected chi connectivity index (χ0v) is 21.1. The van der Waals surface area contributed by atoms with Gasteiger partial charge in [-0.2, -0.15) is 0 Å². The summed E-state index contributed by atoms with van der Waals surface area (Å²) in [6.07, 6.45) is 4.54. The van der Waals surface area contributed by atoms with Gasteiger partial charge < -0.3 is 10.6 Å². The third-order valence-electron chi connectivity index (χ3n) is 6.62. The van der Waals surface area contributed by atoms with Gasteiger partial charge in [0.05, 0.1) is 28.0 Å². The van der Waals surface area contributed by atoms with Gasteiger partial charge in [0.2, 0.25) is 5.91 Å². The molecule has 0 bridgehead atoms. The molecule has 5 rings (SSSR count). The minimum absolute atomic E-state index is 0.0229. The third kappa shape index (κ3) is 4.47. The normalized spacial score (nSPS) is 24.1. The molecule has 3 fully saturated rings. The molecular weight excluding hydrogens is 510 g/mol. The number of carbonyl (C=O) groups excluding carboxylic acids is 2. The number of aromatic nitrogens is 2. The molecule has 0 radical (unpaired) electrons. The van der Waals surface area contributed by atoms with Crippen LogP contribution in [0.1, 0.15) is 24.8 Å². The number of fused-ring (bicyclic) bond motifs is 1. The first-order valence-corrected chi connectivity index (χ1v) is 14.2. The molecule has 1 atom stereocenters. The van der Waals surface area contributed by atoms with Gasteiger partial charge in [-0.25, -0.2) is 13.4 Å². The Hall–Kier alpha value is -2.77. The van der Waals surface area contributed by atoms with E-state index in [2.05, 4.69) is 0 Å². The Labute approximate surface area is 211 Å². The molecule has 3 aliphatic heterocycles. The number of hydrogen-bond acceptors (Lipinski definition) is 9. The van der Waals surface area contributed by atoms with Gasteiger partial charge in [-0.1, -0.05) is 30.0 Å². The molecule has 5 heterocycles. The molecule has 2 N–H and O–H groups in total. The van der Waals surface area contributed by atoms with E-state index in [1.54, 1.807) is 24.4 Å². The van der Waals surface area contributed by atoms with Crippen molar-refractivity contribution >= 4 is 67.5 Å². The largest absolute Gasteiger partial charge is 0.369 e. The van der Waals surface area contributed by atoms with E-state index >= 15 is 0 Å². The Balaban J connectivity index is 1.54. The lowest BCUT2D eigenvalue weighted by Gasteiger charge is -2.32. The van der Waals surface area contributed by atoms with Crippen molar-refractivity contribution in [3.63, 3.8) is 0 Å². The van der Waals surface area contributed by atoms with E-state index < -0.39 is 21.8 Å². The number of nitrogens with two attached hydrogens (primary N) is 1. The lowest BCUT2D eigenvalue weighted by Crippen LogP contribution is -2.40. The highest BCUT2D eigenvalue weighted by Crippen LogP contribution is 2.37. The standard InChI is InChI=1S/C22H23N5O5S3/c23-18(28)13-4-8-25(9-5-13)19-15(20(29)26-7-2-1-3-17(26)24-19)11-16-21(30)27(22(33)34-16)14-6-10-35(31,32)12-14/h1-3,7,11,13-14H,4-6,8-10,12H2,(H2,23,28)/b16-11+. The summed E-state index contributed by atoms with van der Waals surface area (Å²) in [5.41, 5.74) is 5.84. The van der Waals surface area contributed by atoms with Gasteiger partial charge in [0.1, 0.15) is 15.8 Å². The minimum atomic E-state index is -3.20. The molecule has 2 amide bonds. The van der Waals surface area contributed by atoms with E-state index in [0.717, 1.165) is 11.8 Å². The quantitative estimate of drug-likeness (QED) is 0.447. The van der Waals surface area contributed by atoms with E-state index in [1.165, 1.54) is 15.4 Å². The molecular formula is C22H23N5O5S3. The van der Waals surface area contributed by atoms with E-state index in [9.17, 15) is 22.8 Å². The number of carbonyl (C=O) groups is 2. The number of anilines is 1. The number of sulfone groups is 1. The summed E-state index contributed by atoms with van der Waals surface area (Å²) >= 11 is 6.46. The van der Waals surface area contributed by atoms with Crippen molar-refractivity contribution in [1.29, 1.82) is 0 Å². The molecule has 13 heteroatoms. The maximum atomic E-state index is 13.5. The van der Waals surface area contributed by atoms with Crippen molar-refractivity contribution in [2.45, 2.75) is 25.3 Å². The van der Waals surface area contributed by atoms with Crippen molar-refractivity contribution < 1.29 is 18.0 Å². The molecule has 10 nitrogen and oxygen atoms in total. The summed E-state index contributed by atoms with van der Waals surface area (Å²) in [5, 5.41) is 0. The van der Waals surface area contributed by atoms with Crippen LogP contribution < -0.4 is 16.2 Å². The second-order valence-electron chi connectivity index (χ2n) is 8.86. The fraction of sp³-hybridized carbons (Fsp3) is 0.409. The van der Waals surface area contributed by atoms with Crippen LogP contribution in [0.25, 0.3) is 11.7 Å². The average Bonchev–Trinajstić information content (AvgIpc) is 3.32. The van der Waals surface area contributed by atoms with Crippen LogP contribution in [0, 0.1) is 5.92 Å². The van der Waals surface area contributed by atoms with Gasteiger partial charge in [0.15, 0.2) is 9.84 Å². The second-order valence-corrected chi connectivity index (χ2v) is 12.8. The molecule has 2 aromatic rings. The van der Waals surface area contributed by atoms with E-state index in [4.69, 9.17) is 22.9 Å². The predicted octanol–water partition coefficient (Wildman–Crippen LogP) is 0.784. The summed E-state index contributed by atoms with van der Waals surface area (Å²) in [5.74, 6) is -0.637. The van der Waals surface area contributed by atoms with Crippen LogP contribution in [0.3, 0.4) is 0 Å². The van der Waals surface area contributed by atoms with Gasteiger partial charge in [0, 0.05) is 25.2 Å². The molecule has 35 heavy (non-hydrogen) atoms. The van der Waals surface area contributed by atoms with Crippen LogP contribution in [0.15, 0.2) is 34.1 Å². The monoisotopic (exact) mass is 533 g/mol. The van der Waals surface area contributed by atoms with E-state index in [0.29, 0.717) is 43.8 Å². The van der Waals surface area contributed by atoms with Crippen LogP contribution in [0.2, 0.25) is 0 Å². The average molecular weight is 534 g/mol. The predicted molar refractivity (Wildman–Crippen MR) is 138 cm³/mol. The highest BCUT2D eigenvalue weighted by Gasteiger charge is 2.42. The molecule has 0 spiro atoms. The third-order valence-corrected chi connectivity index (χ3v) is 9.70. The zero-order chi connectivity index (χ0) is 24.9. The SMILES string of the molecule is NC(=O)C1CCN(c2nc3ccccn3c(=O)c2/C=C2/SC(=S)N(C3CCS(=O)(=O)C3)C2=O)CC1. The maximum absolute atomic E-state index is 13.5. The van der Waals surface area contributed by atoms with Gasteiger partial charge >= 0.3 is 0 Å². The number of amides is 2. The molecule has 184 valence electrons. The topological polar surface area (TPSA) is 135 Å². The van der Waals surface area contributed by atoms with Crippen LogP contribution in [0.5, 0.6) is 0 Å². The molecule has 0 aliphatic carbocycles. The summed E-state index contributed by atoms with van der Waals surface area (Å²) in [7, 11) is -3.20. The highest BCUT2D eigenvalue weighted by atomic mass is 32.2. The molecule has 2 aromatic heterocycles. The van der Waals surface area contributed by atoms with Crippen LogP contribution >= 0.6 is 24.0 Å². The Kier molecular flexibility index (Phi) is 6.18. The molecule has 0 saturated carbocycles. The van der Waals surface area contributed by atoms with Crippen molar-refractivity contribution in [2.75, 3.05) is 29.5 Å². The van der Waals surface area contributed by atoms with E-state index in [1.807, 2.05) is 4.90 Å². The number of pyridine rings is 1. The van der Waals surface area contributed by atoms with Crippen LogP contribution in [-0.2, 0) is 19.4 Å². The fourth-order valence-corrected chi connectivity index (χ4v) is 7.82. The lowest BCUT2D eigenvalue weighted by molar-refractivity contribution is -0.123. The number of piperidine rings is 1. The first-order valence-electron chi connectivity index (χ1n) is 11.2. The van der Waals surface area contributed by atoms with Crippen LogP contribution in [-0.4, -0.2) is 69.5 Å².